The van der Waals surface area contributed by atoms with E-state index in [2.05, 4.69) is 11.1 Å². The van der Waals surface area contributed by atoms with E-state index in [0.717, 1.165) is 9.28 Å². The molecule has 2 nitrogen and oxygen atoms in total. The summed E-state index contributed by atoms with van der Waals surface area (Å²) in [5.74, 6) is 0.580. The highest BCUT2D eigenvalue weighted by Crippen LogP contribution is 2.34. The van der Waals surface area contributed by atoms with Crippen molar-refractivity contribution >= 4 is 33.8 Å². The maximum atomic E-state index is 11.5. The SMILES string of the molecule is CSC1=NC(=O)/C(=C/C2CCCCC2)S1. The van der Waals surface area contributed by atoms with E-state index in [0.29, 0.717) is 5.92 Å². The Hall–Kier alpha value is -0.220. The van der Waals surface area contributed by atoms with E-state index in [4.69, 9.17) is 0 Å². The van der Waals surface area contributed by atoms with Crippen LogP contribution in [0.4, 0.5) is 0 Å². The molecule has 1 heterocycles. The molecule has 1 fully saturated rings. The zero-order valence-electron chi connectivity index (χ0n) is 8.86. The zero-order valence-corrected chi connectivity index (χ0v) is 10.5. The number of thioether (sulfide) groups is 2. The molecule has 0 aromatic rings. The Labute approximate surface area is 99.0 Å². The van der Waals surface area contributed by atoms with E-state index >= 15 is 0 Å². The van der Waals surface area contributed by atoms with Crippen molar-refractivity contribution in [3.8, 4) is 0 Å². The molecule has 2 rings (SSSR count). The van der Waals surface area contributed by atoms with Crippen LogP contribution in [-0.4, -0.2) is 16.5 Å². The molecule has 0 unspecified atom stereocenters. The number of aliphatic imine (C=N–C) groups is 1. The lowest BCUT2D eigenvalue weighted by Gasteiger charge is -2.18. The molecule has 0 N–H and O–H groups in total. The molecule has 2 aliphatic rings. The van der Waals surface area contributed by atoms with Crippen LogP contribution >= 0.6 is 23.5 Å². The maximum absolute atomic E-state index is 11.5. The van der Waals surface area contributed by atoms with Gasteiger partial charge in [-0.2, -0.15) is 4.99 Å². The highest BCUT2D eigenvalue weighted by atomic mass is 32.2. The summed E-state index contributed by atoms with van der Waals surface area (Å²) in [6.45, 7) is 0. The van der Waals surface area contributed by atoms with Crippen LogP contribution in [-0.2, 0) is 4.79 Å². The van der Waals surface area contributed by atoms with Crippen LogP contribution in [0.2, 0.25) is 0 Å². The van der Waals surface area contributed by atoms with Crippen molar-refractivity contribution in [1.29, 1.82) is 0 Å². The minimum Gasteiger partial charge on any atom is -0.266 e. The highest BCUT2D eigenvalue weighted by molar-refractivity contribution is 8.40. The van der Waals surface area contributed by atoms with Gasteiger partial charge in [0.2, 0.25) is 0 Å². The zero-order chi connectivity index (χ0) is 10.7. The molecule has 0 bridgehead atoms. The van der Waals surface area contributed by atoms with Crippen LogP contribution in [0.3, 0.4) is 0 Å². The van der Waals surface area contributed by atoms with E-state index in [1.54, 1.807) is 11.8 Å². The van der Waals surface area contributed by atoms with Crippen molar-refractivity contribution in [2.45, 2.75) is 32.1 Å². The van der Waals surface area contributed by atoms with Gasteiger partial charge in [0, 0.05) is 0 Å². The first-order chi connectivity index (χ1) is 7.29. The fourth-order valence-corrected chi connectivity index (χ4v) is 3.49. The van der Waals surface area contributed by atoms with Gasteiger partial charge in [0.1, 0.15) is 4.38 Å². The fourth-order valence-electron chi connectivity index (χ4n) is 2.01. The van der Waals surface area contributed by atoms with Gasteiger partial charge in [-0.1, -0.05) is 37.1 Å². The number of carbonyl (C=O) groups excluding carboxylic acids is 1. The second kappa shape index (κ2) is 5.21. The van der Waals surface area contributed by atoms with Gasteiger partial charge >= 0.3 is 0 Å². The van der Waals surface area contributed by atoms with Crippen LogP contribution in [0.15, 0.2) is 16.0 Å². The molecule has 0 saturated heterocycles. The van der Waals surface area contributed by atoms with Gasteiger partial charge in [0.25, 0.3) is 5.91 Å². The van der Waals surface area contributed by atoms with E-state index in [-0.39, 0.29) is 5.91 Å². The predicted molar refractivity (Wildman–Crippen MR) is 68.2 cm³/mol. The fraction of sp³-hybridized carbons (Fsp3) is 0.636. The standard InChI is InChI=1S/C11H15NOS2/c1-14-11-12-10(13)9(15-11)7-8-5-3-2-4-6-8/h7-8H,2-6H2,1H3/b9-7-. The lowest BCUT2D eigenvalue weighted by atomic mass is 9.89. The molecular formula is C11H15NOS2. The molecule has 0 aromatic carbocycles. The van der Waals surface area contributed by atoms with Crippen LogP contribution in [0, 0.1) is 5.92 Å². The molecule has 0 aromatic heterocycles. The highest BCUT2D eigenvalue weighted by Gasteiger charge is 2.23. The van der Waals surface area contributed by atoms with Crippen LogP contribution in [0.1, 0.15) is 32.1 Å². The monoisotopic (exact) mass is 241 g/mol. The first-order valence-electron chi connectivity index (χ1n) is 5.36. The van der Waals surface area contributed by atoms with E-state index in [9.17, 15) is 4.79 Å². The van der Waals surface area contributed by atoms with Crippen LogP contribution in [0.5, 0.6) is 0 Å². The maximum Gasteiger partial charge on any atom is 0.285 e. The van der Waals surface area contributed by atoms with Gasteiger partial charge in [-0.3, -0.25) is 4.79 Å². The summed E-state index contributed by atoms with van der Waals surface area (Å²) in [5, 5.41) is 0. The molecule has 0 atom stereocenters. The van der Waals surface area contributed by atoms with E-state index in [1.807, 2.05) is 6.26 Å². The Balaban J connectivity index is 1.99. The van der Waals surface area contributed by atoms with Crippen molar-refractivity contribution in [2.24, 2.45) is 10.9 Å². The summed E-state index contributed by atoms with van der Waals surface area (Å²) in [4.78, 5) is 16.4. The van der Waals surface area contributed by atoms with Gasteiger partial charge in [-0.25, -0.2) is 0 Å². The molecule has 1 saturated carbocycles. The number of amides is 1. The summed E-state index contributed by atoms with van der Waals surface area (Å²) in [6, 6.07) is 0. The third-order valence-corrected chi connectivity index (χ3v) is 4.80. The van der Waals surface area contributed by atoms with E-state index in [1.165, 1.54) is 43.9 Å². The number of carbonyl (C=O) groups is 1. The van der Waals surface area contributed by atoms with Crippen LogP contribution < -0.4 is 0 Å². The topological polar surface area (TPSA) is 29.4 Å². The summed E-state index contributed by atoms with van der Waals surface area (Å²) in [5.41, 5.74) is 0. The molecule has 15 heavy (non-hydrogen) atoms. The number of allylic oxidation sites excluding steroid dienone is 1. The second-order valence-corrected chi connectivity index (χ2v) is 6.00. The molecule has 1 aliphatic heterocycles. The lowest BCUT2D eigenvalue weighted by molar-refractivity contribution is -0.113. The summed E-state index contributed by atoms with van der Waals surface area (Å²) in [6.07, 6.45) is 10.6. The van der Waals surface area contributed by atoms with Gasteiger partial charge in [0.05, 0.1) is 4.91 Å². The number of rotatable bonds is 1. The summed E-state index contributed by atoms with van der Waals surface area (Å²) >= 11 is 3.09. The third kappa shape index (κ3) is 2.88. The molecular weight excluding hydrogens is 226 g/mol. The largest absolute Gasteiger partial charge is 0.285 e. The van der Waals surface area contributed by atoms with Crippen molar-refractivity contribution in [2.75, 3.05) is 6.26 Å². The third-order valence-electron chi connectivity index (χ3n) is 2.81. The Morgan fingerprint density at radius 3 is 2.73 bits per heavy atom. The summed E-state index contributed by atoms with van der Waals surface area (Å²) < 4.78 is 0.891. The average Bonchev–Trinajstić information content (AvgIpc) is 2.61. The quantitative estimate of drug-likeness (QED) is 0.659. The molecule has 0 radical (unpaired) electrons. The first kappa shape index (κ1) is 11.3. The number of hydrogen-bond donors (Lipinski definition) is 0. The number of nitrogens with zero attached hydrogens (tertiary/aromatic N) is 1. The minimum atomic E-state index is -0.0325. The van der Waals surface area contributed by atoms with Gasteiger partial charge < -0.3 is 0 Å². The Bertz CT molecular complexity index is 317. The van der Waals surface area contributed by atoms with Crippen molar-refractivity contribution < 1.29 is 4.79 Å². The van der Waals surface area contributed by atoms with Crippen molar-refractivity contribution in [3.63, 3.8) is 0 Å². The predicted octanol–water partition coefficient (Wildman–Crippen LogP) is 3.44. The lowest BCUT2D eigenvalue weighted by Crippen LogP contribution is -2.04. The van der Waals surface area contributed by atoms with Crippen molar-refractivity contribution in [3.05, 3.63) is 11.0 Å². The molecule has 1 aliphatic carbocycles. The first-order valence-corrected chi connectivity index (χ1v) is 7.40. The smallest absolute Gasteiger partial charge is 0.266 e. The van der Waals surface area contributed by atoms with Gasteiger partial charge in [0.15, 0.2) is 0 Å². The molecule has 82 valence electrons. The normalized spacial score (nSPS) is 26.1. The summed E-state index contributed by atoms with van der Waals surface area (Å²) in [7, 11) is 0. The van der Waals surface area contributed by atoms with Gasteiger partial charge in [-0.15, -0.1) is 11.8 Å². The molecule has 1 amide bonds. The van der Waals surface area contributed by atoms with Crippen molar-refractivity contribution in [1.82, 2.24) is 0 Å². The Kier molecular flexibility index (Phi) is 3.92. The minimum absolute atomic E-state index is 0.0325. The van der Waals surface area contributed by atoms with Crippen LogP contribution in [0.25, 0.3) is 0 Å². The van der Waals surface area contributed by atoms with E-state index < -0.39 is 0 Å². The Morgan fingerprint density at radius 1 is 1.40 bits per heavy atom. The second-order valence-electron chi connectivity index (χ2n) is 3.92. The molecule has 0 spiro atoms. The van der Waals surface area contributed by atoms with Gasteiger partial charge in [-0.05, 0) is 25.0 Å². The molecule has 4 heteroatoms. The Morgan fingerprint density at radius 2 is 2.13 bits per heavy atom. The number of hydrogen-bond acceptors (Lipinski definition) is 3. The average molecular weight is 241 g/mol.